The minimum atomic E-state index is 0.246. The predicted molar refractivity (Wildman–Crippen MR) is 84.8 cm³/mol. The summed E-state index contributed by atoms with van der Waals surface area (Å²) < 4.78 is 0. The molecule has 1 heterocycles. The van der Waals surface area contributed by atoms with Gasteiger partial charge in [0.05, 0.1) is 0 Å². The fraction of sp³-hybridized carbons (Fsp3) is 0.611. The van der Waals surface area contributed by atoms with Crippen molar-refractivity contribution in [2.24, 2.45) is 23.0 Å². The van der Waals surface area contributed by atoms with E-state index in [0.717, 1.165) is 25.9 Å². The molecule has 1 aromatic carbocycles. The summed E-state index contributed by atoms with van der Waals surface area (Å²) in [6.07, 6.45) is 2.15. The largest absolute Gasteiger partial charge is 0.341 e. The molecule has 1 aliphatic heterocycles. The van der Waals surface area contributed by atoms with Gasteiger partial charge in [-0.05, 0) is 36.3 Å². The Hall–Kier alpha value is -1.35. The van der Waals surface area contributed by atoms with Gasteiger partial charge in [0.15, 0.2) is 0 Å². The van der Waals surface area contributed by atoms with Gasteiger partial charge in [0.2, 0.25) is 5.91 Å². The van der Waals surface area contributed by atoms with Gasteiger partial charge in [0.1, 0.15) is 0 Å². The SMILES string of the molecule is CCC1(C)CC1C(=O)N1C[C@@H](CN)[C@H](c2ccccc2)C1. The Balaban J connectivity index is 1.72. The standard InChI is InChI=1S/C18H26N2O/c1-3-18(2)9-16(18)17(21)20-11-14(10-19)15(12-20)13-7-5-4-6-8-13/h4-8,14-16H,3,9-12,19H2,1-2H3/t14-,15+,16?,18?/m1/s1. The van der Waals surface area contributed by atoms with Crippen LogP contribution in [0, 0.1) is 17.3 Å². The van der Waals surface area contributed by atoms with Crippen LogP contribution in [0.15, 0.2) is 30.3 Å². The van der Waals surface area contributed by atoms with Crippen LogP contribution in [0.4, 0.5) is 0 Å². The van der Waals surface area contributed by atoms with Gasteiger partial charge >= 0.3 is 0 Å². The number of nitrogens with zero attached hydrogens (tertiary/aromatic N) is 1. The Kier molecular flexibility index (Phi) is 3.78. The van der Waals surface area contributed by atoms with Crippen LogP contribution in [0.25, 0.3) is 0 Å². The van der Waals surface area contributed by atoms with Crippen molar-refractivity contribution in [1.82, 2.24) is 4.90 Å². The van der Waals surface area contributed by atoms with E-state index >= 15 is 0 Å². The molecule has 3 heteroatoms. The van der Waals surface area contributed by atoms with E-state index in [1.165, 1.54) is 5.56 Å². The highest BCUT2D eigenvalue weighted by atomic mass is 16.2. The van der Waals surface area contributed by atoms with Crippen LogP contribution in [0.5, 0.6) is 0 Å². The van der Waals surface area contributed by atoms with Gasteiger partial charge in [-0.2, -0.15) is 0 Å². The molecule has 114 valence electrons. The Morgan fingerprint density at radius 3 is 2.62 bits per heavy atom. The lowest BCUT2D eigenvalue weighted by Crippen LogP contribution is -2.32. The van der Waals surface area contributed by atoms with Gasteiger partial charge < -0.3 is 10.6 Å². The van der Waals surface area contributed by atoms with Crippen LogP contribution in [0.1, 0.15) is 38.2 Å². The summed E-state index contributed by atoms with van der Waals surface area (Å²) in [6, 6.07) is 10.5. The van der Waals surface area contributed by atoms with Crippen molar-refractivity contribution in [2.45, 2.75) is 32.6 Å². The van der Waals surface area contributed by atoms with Gasteiger partial charge in [-0.3, -0.25) is 4.79 Å². The Labute approximate surface area is 127 Å². The highest BCUT2D eigenvalue weighted by Gasteiger charge is 2.55. The minimum Gasteiger partial charge on any atom is -0.341 e. The molecule has 3 rings (SSSR count). The Morgan fingerprint density at radius 1 is 1.33 bits per heavy atom. The molecule has 0 spiro atoms. The van der Waals surface area contributed by atoms with Crippen molar-refractivity contribution in [1.29, 1.82) is 0 Å². The molecule has 4 atom stereocenters. The molecule has 2 N–H and O–H groups in total. The molecule has 1 amide bonds. The van der Waals surface area contributed by atoms with Gasteiger partial charge in [0, 0.05) is 24.9 Å². The fourth-order valence-electron chi connectivity index (χ4n) is 3.77. The first kappa shape index (κ1) is 14.6. The zero-order chi connectivity index (χ0) is 15.0. The summed E-state index contributed by atoms with van der Waals surface area (Å²) in [7, 11) is 0. The molecule has 0 bridgehead atoms. The van der Waals surface area contributed by atoms with E-state index in [1.807, 2.05) is 6.07 Å². The number of hydrogen-bond acceptors (Lipinski definition) is 2. The molecule has 21 heavy (non-hydrogen) atoms. The van der Waals surface area contributed by atoms with E-state index in [1.54, 1.807) is 0 Å². The van der Waals surface area contributed by atoms with E-state index in [0.29, 0.717) is 24.3 Å². The molecule has 0 aromatic heterocycles. The maximum Gasteiger partial charge on any atom is 0.226 e. The summed E-state index contributed by atoms with van der Waals surface area (Å²) in [5.74, 6) is 1.39. The number of hydrogen-bond donors (Lipinski definition) is 1. The number of carbonyl (C=O) groups excluding carboxylic acids is 1. The van der Waals surface area contributed by atoms with Crippen molar-refractivity contribution in [2.75, 3.05) is 19.6 Å². The topological polar surface area (TPSA) is 46.3 Å². The number of carbonyl (C=O) groups is 1. The smallest absolute Gasteiger partial charge is 0.226 e. The third-order valence-electron chi connectivity index (χ3n) is 5.74. The van der Waals surface area contributed by atoms with Gasteiger partial charge in [-0.15, -0.1) is 0 Å². The molecule has 1 saturated carbocycles. The first-order valence-corrected chi connectivity index (χ1v) is 8.13. The van der Waals surface area contributed by atoms with Crippen molar-refractivity contribution in [3.05, 3.63) is 35.9 Å². The minimum absolute atomic E-state index is 0.246. The lowest BCUT2D eigenvalue weighted by Gasteiger charge is -2.18. The molecule has 1 aromatic rings. The number of rotatable bonds is 4. The van der Waals surface area contributed by atoms with E-state index in [4.69, 9.17) is 5.73 Å². The fourth-order valence-corrected chi connectivity index (χ4v) is 3.77. The van der Waals surface area contributed by atoms with E-state index in [-0.39, 0.29) is 11.3 Å². The number of amides is 1. The van der Waals surface area contributed by atoms with E-state index < -0.39 is 0 Å². The lowest BCUT2D eigenvalue weighted by molar-refractivity contribution is -0.132. The molecular formula is C18H26N2O. The van der Waals surface area contributed by atoms with E-state index in [9.17, 15) is 4.79 Å². The molecule has 3 nitrogen and oxygen atoms in total. The Bertz CT molecular complexity index is 515. The number of likely N-dealkylation sites (tertiary alicyclic amines) is 1. The summed E-state index contributed by atoms with van der Waals surface area (Å²) in [4.78, 5) is 14.8. The van der Waals surface area contributed by atoms with E-state index in [2.05, 4.69) is 43.0 Å². The molecule has 1 saturated heterocycles. The van der Waals surface area contributed by atoms with Crippen LogP contribution in [-0.2, 0) is 4.79 Å². The second-order valence-electron chi connectivity index (χ2n) is 7.02. The Morgan fingerprint density at radius 2 is 2.05 bits per heavy atom. The van der Waals surface area contributed by atoms with Crippen LogP contribution in [0.2, 0.25) is 0 Å². The molecule has 2 fully saturated rings. The predicted octanol–water partition coefficient (Wildman–Crippen LogP) is 2.62. The number of nitrogens with two attached hydrogens (primary N) is 1. The van der Waals surface area contributed by atoms with Crippen LogP contribution < -0.4 is 5.73 Å². The van der Waals surface area contributed by atoms with Gasteiger partial charge in [-0.25, -0.2) is 0 Å². The monoisotopic (exact) mass is 286 g/mol. The molecule has 2 unspecified atom stereocenters. The first-order chi connectivity index (χ1) is 10.1. The second kappa shape index (κ2) is 5.45. The highest BCUT2D eigenvalue weighted by molar-refractivity contribution is 5.83. The second-order valence-corrected chi connectivity index (χ2v) is 7.02. The van der Waals surface area contributed by atoms with Gasteiger partial charge in [-0.1, -0.05) is 44.2 Å². The van der Waals surface area contributed by atoms with Crippen LogP contribution in [-0.4, -0.2) is 30.4 Å². The van der Waals surface area contributed by atoms with Crippen molar-refractivity contribution >= 4 is 5.91 Å². The summed E-state index contributed by atoms with van der Waals surface area (Å²) in [5.41, 5.74) is 7.52. The normalized spacial score (nSPS) is 35.0. The zero-order valence-corrected chi connectivity index (χ0v) is 13.1. The lowest BCUT2D eigenvalue weighted by atomic mass is 9.89. The molecular weight excluding hydrogens is 260 g/mol. The third kappa shape index (κ3) is 2.59. The van der Waals surface area contributed by atoms with Crippen molar-refractivity contribution < 1.29 is 4.79 Å². The summed E-state index contributed by atoms with van der Waals surface area (Å²) in [5, 5.41) is 0. The van der Waals surface area contributed by atoms with Crippen LogP contribution >= 0.6 is 0 Å². The summed E-state index contributed by atoms with van der Waals surface area (Å²) in [6.45, 7) is 6.73. The van der Waals surface area contributed by atoms with Crippen LogP contribution in [0.3, 0.4) is 0 Å². The third-order valence-corrected chi connectivity index (χ3v) is 5.74. The highest BCUT2D eigenvalue weighted by Crippen LogP contribution is 2.56. The maximum atomic E-state index is 12.7. The zero-order valence-electron chi connectivity index (χ0n) is 13.1. The first-order valence-electron chi connectivity index (χ1n) is 8.13. The number of benzene rings is 1. The quantitative estimate of drug-likeness (QED) is 0.925. The van der Waals surface area contributed by atoms with Crippen molar-refractivity contribution in [3.8, 4) is 0 Å². The molecule has 1 aliphatic carbocycles. The average Bonchev–Trinajstić information content (AvgIpc) is 3.03. The maximum absolute atomic E-state index is 12.7. The van der Waals surface area contributed by atoms with Crippen molar-refractivity contribution in [3.63, 3.8) is 0 Å². The molecule has 2 aliphatic rings. The molecule has 0 radical (unpaired) electrons. The summed E-state index contributed by atoms with van der Waals surface area (Å²) >= 11 is 0. The average molecular weight is 286 g/mol. The van der Waals surface area contributed by atoms with Gasteiger partial charge in [0.25, 0.3) is 0 Å².